The van der Waals surface area contributed by atoms with Crippen molar-refractivity contribution < 1.29 is 13.9 Å². The third-order valence-corrected chi connectivity index (χ3v) is 5.21. The second-order valence-electron chi connectivity index (χ2n) is 6.80. The van der Waals surface area contributed by atoms with Gasteiger partial charge in [-0.25, -0.2) is 4.39 Å². The molecule has 0 aliphatic carbocycles. The number of ether oxygens (including phenoxy) is 1. The van der Waals surface area contributed by atoms with E-state index >= 15 is 0 Å². The Bertz CT molecular complexity index is 737. The SMILES string of the molecule is CC(Oc1ccccc1F)C(=O)N1C2CCC1CC(n1nccn1)C2. The van der Waals surface area contributed by atoms with Crippen molar-refractivity contribution in [1.29, 1.82) is 0 Å². The number of benzene rings is 1. The van der Waals surface area contributed by atoms with Gasteiger partial charge in [-0.1, -0.05) is 12.1 Å². The van der Waals surface area contributed by atoms with Crippen molar-refractivity contribution in [2.75, 3.05) is 0 Å². The molecule has 2 bridgehead atoms. The zero-order chi connectivity index (χ0) is 17.4. The van der Waals surface area contributed by atoms with Crippen LogP contribution in [0.1, 0.15) is 38.6 Å². The van der Waals surface area contributed by atoms with E-state index in [9.17, 15) is 9.18 Å². The summed E-state index contributed by atoms with van der Waals surface area (Å²) in [5.41, 5.74) is 0. The predicted octanol–water partition coefficient (Wildman–Crippen LogP) is 2.58. The first-order valence-electron chi connectivity index (χ1n) is 8.72. The maximum Gasteiger partial charge on any atom is 0.263 e. The fourth-order valence-corrected chi connectivity index (χ4v) is 4.10. The molecule has 0 spiro atoms. The van der Waals surface area contributed by atoms with Crippen LogP contribution in [-0.4, -0.2) is 44.0 Å². The van der Waals surface area contributed by atoms with Gasteiger partial charge in [0.25, 0.3) is 5.91 Å². The van der Waals surface area contributed by atoms with E-state index in [0.29, 0.717) is 0 Å². The van der Waals surface area contributed by atoms with E-state index in [-0.39, 0.29) is 29.8 Å². The van der Waals surface area contributed by atoms with Crippen molar-refractivity contribution in [3.63, 3.8) is 0 Å². The number of halogens is 1. The van der Waals surface area contributed by atoms with Gasteiger partial charge in [-0.15, -0.1) is 0 Å². The predicted molar refractivity (Wildman–Crippen MR) is 88.4 cm³/mol. The fourth-order valence-electron chi connectivity index (χ4n) is 4.10. The lowest BCUT2D eigenvalue weighted by Gasteiger charge is -2.39. The van der Waals surface area contributed by atoms with Crippen LogP contribution in [0, 0.1) is 5.82 Å². The van der Waals surface area contributed by atoms with E-state index < -0.39 is 11.9 Å². The fraction of sp³-hybridized carbons (Fsp3) is 0.500. The molecule has 2 aromatic rings. The minimum atomic E-state index is -0.709. The van der Waals surface area contributed by atoms with Gasteiger partial charge in [0.15, 0.2) is 17.7 Å². The Morgan fingerprint density at radius 1 is 1.16 bits per heavy atom. The first kappa shape index (κ1) is 16.1. The molecule has 0 N–H and O–H groups in total. The largest absolute Gasteiger partial charge is 0.478 e. The van der Waals surface area contributed by atoms with Crippen molar-refractivity contribution in [1.82, 2.24) is 19.9 Å². The summed E-state index contributed by atoms with van der Waals surface area (Å²) >= 11 is 0. The Hall–Kier alpha value is -2.44. The molecule has 3 unspecified atom stereocenters. The molecular formula is C18H21FN4O2. The topological polar surface area (TPSA) is 60.2 Å². The van der Waals surface area contributed by atoms with Gasteiger partial charge in [0.1, 0.15) is 0 Å². The lowest BCUT2D eigenvalue weighted by Crippen LogP contribution is -2.51. The number of aromatic nitrogens is 3. The Labute approximate surface area is 145 Å². The zero-order valence-corrected chi connectivity index (χ0v) is 14.1. The van der Waals surface area contributed by atoms with Crippen LogP contribution >= 0.6 is 0 Å². The molecular weight excluding hydrogens is 323 g/mol. The van der Waals surface area contributed by atoms with E-state index in [2.05, 4.69) is 10.2 Å². The van der Waals surface area contributed by atoms with Crippen molar-refractivity contribution in [2.45, 2.75) is 56.8 Å². The molecule has 2 aliphatic heterocycles. The molecule has 7 heteroatoms. The average molecular weight is 344 g/mol. The van der Waals surface area contributed by atoms with Gasteiger partial charge in [0.2, 0.25) is 0 Å². The molecule has 1 amide bonds. The minimum absolute atomic E-state index is 0.0670. The van der Waals surface area contributed by atoms with Gasteiger partial charge in [0, 0.05) is 12.1 Å². The van der Waals surface area contributed by atoms with E-state index in [1.54, 1.807) is 42.3 Å². The molecule has 2 fully saturated rings. The van der Waals surface area contributed by atoms with Gasteiger partial charge in [-0.2, -0.15) is 15.0 Å². The Kier molecular flexibility index (Phi) is 4.15. The third-order valence-electron chi connectivity index (χ3n) is 5.21. The Morgan fingerprint density at radius 2 is 1.80 bits per heavy atom. The van der Waals surface area contributed by atoms with Crippen LogP contribution in [0.4, 0.5) is 4.39 Å². The van der Waals surface area contributed by atoms with Crippen LogP contribution in [0.3, 0.4) is 0 Å². The summed E-state index contributed by atoms with van der Waals surface area (Å²) < 4.78 is 19.4. The highest BCUT2D eigenvalue weighted by molar-refractivity contribution is 5.82. The van der Waals surface area contributed by atoms with Crippen molar-refractivity contribution >= 4 is 5.91 Å². The van der Waals surface area contributed by atoms with E-state index in [1.165, 1.54) is 6.07 Å². The number of carbonyl (C=O) groups is 1. The van der Waals surface area contributed by atoms with Crippen LogP contribution in [0.15, 0.2) is 36.7 Å². The van der Waals surface area contributed by atoms with Crippen molar-refractivity contribution in [2.24, 2.45) is 0 Å². The Morgan fingerprint density at radius 3 is 2.44 bits per heavy atom. The van der Waals surface area contributed by atoms with Crippen LogP contribution in [-0.2, 0) is 4.79 Å². The van der Waals surface area contributed by atoms with Gasteiger partial charge < -0.3 is 9.64 Å². The molecule has 0 radical (unpaired) electrons. The number of para-hydroxylation sites is 1. The van der Waals surface area contributed by atoms with Crippen LogP contribution in [0.2, 0.25) is 0 Å². The maximum absolute atomic E-state index is 13.8. The van der Waals surface area contributed by atoms with E-state index in [1.807, 2.05) is 4.90 Å². The molecule has 1 aromatic carbocycles. The van der Waals surface area contributed by atoms with Crippen LogP contribution in [0.25, 0.3) is 0 Å². The smallest absolute Gasteiger partial charge is 0.263 e. The lowest BCUT2D eigenvalue weighted by molar-refractivity contribution is -0.143. The highest BCUT2D eigenvalue weighted by atomic mass is 19.1. The van der Waals surface area contributed by atoms with Gasteiger partial charge in [0.05, 0.1) is 18.4 Å². The summed E-state index contributed by atoms with van der Waals surface area (Å²) in [6.07, 6.45) is 6.33. The Balaban J connectivity index is 1.45. The normalized spacial score (nSPS) is 26.5. The standard InChI is InChI=1S/C18H21FN4O2/c1-12(25-17-5-3-2-4-16(17)19)18(24)22-13-6-7-14(22)11-15(10-13)23-20-8-9-21-23/h2-5,8-9,12-15H,6-7,10-11H2,1H3. The van der Waals surface area contributed by atoms with Crippen molar-refractivity contribution in [3.8, 4) is 5.75 Å². The summed E-state index contributed by atoms with van der Waals surface area (Å²) in [5.74, 6) is -0.400. The monoisotopic (exact) mass is 344 g/mol. The molecule has 4 rings (SSSR count). The number of fused-ring (bicyclic) bond motifs is 2. The second-order valence-corrected chi connectivity index (χ2v) is 6.80. The highest BCUT2D eigenvalue weighted by Gasteiger charge is 2.45. The molecule has 2 saturated heterocycles. The van der Waals surface area contributed by atoms with E-state index in [0.717, 1.165) is 25.7 Å². The number of piperidine rings is 1. The summed E-state index contributed by atoms with van der Waals surface area (Å²) in [5, 5.41) is 8.49. The van der Waals surface area contributed by atoms with Crippen LogP contribution < -0.4 is 4.74 Å². The number of hydrogen-bond acceptors (Lipinski definition) is 4. The summed E-state index contributed by atoms with van der Waals surface area (Å²) in [7, 11) is 0. The quantitative estimate of drug-likeness (QED) is 0.855. The minimum Gasteiger partial charge on any atom is -0.478 e. The van der Waals surface area contributed by atoms with Crippen molar-refractivity contribution in [3.05, 3.63) is 42.5 Å². The molecule has 25 heavy (non-hydrogen) atoms. The number of rotatable bonds is 4. The molecule has 3 atom stereocenters. The molecule has 3 heterocycles. The average Bonchev–Trinajstić information content (AvgIpc) is 3.23. The number of amides is 1. The summed E-state index contributed by atoms with van der Waals surface area (Å²) in [4.78, 5) is 16.6. The molecule has 132 valence electrons. The molecule has 0 saturated carbocycles. The van der Waals surface area contributed by atoms with Gasteiger partial charge in [-0.3, -0.25) is 4.79 Å². The number of hydrogen-bond donors (Lipinski definition) is 0. The molecule has 2 aliphatic rings. The highest BCUT2D eigenvalue weighted by Crippen LogP contribution is 2.40. The summed E-state index contributed by atoms with van der Waals surface area (Å²) in [6.45, 7) is 1.69. The molecule has 1 aromatic heterocycles. The zero-order valence-electron chi connectivity index (χ0n) is 14.1. The van der Waals surface area contributed by atoms with Crippen LogP contribution in [0.5, 0.6) is 5.75 Å². The van der Waals surface area contributed by atoms with Gasteiger partial charge >= 0.3 is 0 Å². The second kappa shape index (κ2) is 6.46. The lowest BCUT2D eigenvalue weighted by atomic mass is 9.97. The summed E-state index contributed by atoms with van der Waals surface area (Å²) in [6, 6.07) is 6.76. The first-order chi connectivity index (χ1) is 12.1. The number of carbonyl (C=O) groups excluding carboxylic acids is 1. The molecule has 6 nitrogen and oxygen atoms in total. The first-order valence-corrected chi connectivity index (χ1v) is 8.72. The third kappa shape index (κ3) is 2.99. The number of nitrogens with zero attached hydrogens (tertiary/aromatic N) is 4. The van der Waals surface area contributed by atoms with Gasteiger partial charge in [-0.05, 0) is 44.7 Å². The maximum atomic E-state index is 13.8. The van der Waals surface area contributed by atoms with E-state index in [4.69, 9.17) is 4.74 Å².